The number of nitrogens with one attached hydrogen (secondary N) is 6. The van der Waals surface area contributed by atoms with E-state index in [1.54, 1.807) is 0 Å². The highest BCUT2D eigenvalue weighted by Crippen LogP contribution is 1.95. The number of β-amino-alcohol motifs (C(OH)–C–C–N with tert-alkyl or cyclic N) is 1. The maximum Gasteiger partial charge on any atom is 0.191 e. The van der Waals surface area contributed by atoms with Crippen LogP contribution in [0.25, 0.3) is 0 Å². The van der Waals surface area contributed by atoms with Crippen molar-refractivity contribution in [3.05, 3.63) is 0 Å². The largest absolute Gasteiger partial charge is 0.389 e. The van der Waals surface area contributed by atoms with Crippen molar-refractivity contribution < 1.29 is 9.50 Å². The Balaban J connectivity index is 0.000000240. The van der Waals surface area contributed by atoms with Gasteiger partial charge in [0.25, 0.3) is 0 Å². The van der Waals surface area contributed by atoms with Gasteiger partial charge in [-0.1, -0.05) is 0 Å². The van der Waals surface area contributed by atoms with Crippen LogP contribution in [-0.2, 0) is 0 Å². The number of rotatable bonds is 3. The van der Waals surface area contributed by atoms with Gasteiger partial charge >= 0.3 is 0 Å². The van der Waals surface area contributed by atoms with Gasteiger partial charge in [-0.05, 0) is 48.0 Å². The van der Waals surface area contributed by atoms with Crippen LogP contribution in [0.15, 0.2) is 15.0 Å². The van der Waals surface area contributed by atoms with Crippen molar-refractivity contribution >= 4 is 17.9 Å². The van der Waals surface area contributed by atoms with Crippen LogP contribution in [0, 0.1) is 0 Å². The lowest BCUT2D eigenvalue weighted by atomic mass is 10.3. The standard InChI is InChI=1S/C7H14FN3.C7H15N3O.C7H15N3/c1-5(2)11-7-9-3-6(8)4-10-7;1-5(2)10-7-8-3-6(11)4-9-7;1-6(2)10-7-8-4-3-5-9-7/h5-6H,3-4H2,1-2H3,(H2,9,10,11);5-6,11H,3-4H2,1-2H3,(H2,8,9,10);6H,3-5H2,1-2H3,(H2,8,9,10). The Morgan fingerprint density at radius 1 is 0.781 bits per heavy atom. The number of halogens is 1. The molecule has 0 amide bonds. The molecule has 32 heavy (non-hydrogen) atoms. The summed E-state index contributed by atoms with van der Waals surface area (Å²) in [6.45, 7) is 16.1. The van der Waals surface area contributed by atoms with Crippen LogP contribution in [0.2, 0.25) is 0 Å². The highest BCUT2D eigenvalue weighted by Gasteiger charge is 2.13. The van der Waals surface area contributed by atoms with Gasteiger partial charge in [-0.25, -0.2) is 4.39 Å². The van der Waals surface area contributed by atoms with Crippen molar-refractivity contribution in [3.8, 4) is 0 Å². The molecule has 0 saturated heterocycles. The number of hydrogen-bond acceptors (Lipinski definition) is 10. The minimum absolute atomic E-state index is 0.280. The summed E-state index contributed by atoms with van der Waals surface area (Å²) in [5.74, 6) is 2.47. The van der Waals surface area contributed by atoms with E-state index in [0.717, 1.165) is 31.4 Å². The number of aliphatic hydroxyl groups is 1. The van der Waals surface area contributed by atoms with E-state index in [-0.39, 0.29) is 12.6 Å². The topological polar surface area (TPSA) is 129 Å². The third-order valence-corrected chi connectivity index (χ3v) is 4.08. The van der Waals surface area contributed by atoms with E-state index in [0.29, 0.717) is 43.7 Å². The normalized spacial score (nSPS) is 22.4. The molecule has 0 fully saturated rings. The minimum Gasteiger partial charge on any atom is -0.389 e. The summed E-state index contributed by atoms with van der Waals surface area (Å²) < 4.78 is 12.5. The van der Waals surface area contributed by atoms with Crippen molar-refractivity contribution in [2.75, 3.05) is 39.3 Å². The second-order valence-electron chi connectivity index (χ2n) is 8.80. The number of alkyl halides is 1. The number of guanidine groups is 3. The van der Waals surface area contributed by atoms with Crippen LogP contribution in [0.5, 0.6) is 0 Å². The van der Waals surface area contributed by atoms with Crippen LogP contribution in [0.4, 0.5) is 4.39 Å². The highest BCUT2D eigenvalue weighted by atomic mass is 19.1. The summed E-state index contributed by atoms with van der Waals surface area (Å²) >= 11 is 0. The fourth-order valence-corrected chi connectivity index (χ4v) is 2.69. The molecule has 0 radical (unpaired) electrons. The van der Waals surface area contributed by atoms with Gasteiger partial charge in [-0.15, -0.1) is 0 Å². The summed E-state index contributed by atoms with van der Waals surface area (Å²) in [4.78, 5) is 12.3. The Morgan fingerprint density at radius 2 is 1.28 bits per heavy atom. The molecule has 0 aromatic heterocycles. The van der Waals surface area contributed by atoms with Gasteiger partial charge in [-0.2, -0.15) is 0 Å². The van der Waals surface area contributed by atoms with E-state index < -0.39 is 6.17 Å². The summed E-state index contributed by atoms with van der Waals surface area (Å²) in [5, 5.41) is 27.5. The molecule has 186 valence electrons. The minimum atomic E-state index is -0.826. The van der Waals surface area contributed by atoms with Crippen LogP contribution in [-0.4, -0.2) is 92.7 Å². The second-order valence-corrected chi connectivity index (χ2v) is 8.80. The molecule has 2 atom stereocenters. The molecule has 2 unspecified atom stereocenters. The number of hydrogen-bond donors (Lipinski definition) is 7. The van der Waals surface area contributed by atoms with Gasteiger partial charge in [0.2, 0.25) is 0 Å². The predicted octanol–water partition coefficient (Wildman–Crippen LogP) is -0.0801. The molecule has 10 nitrogen and oxygen atoms in total. The molecule has 0 bridgehead atoms. The van der Waals surface area contributed by atoms with Crippen molar-refractivity contribution in [3.63, 3.8) is 0 Å². The Kier molecular flexibility index (Phi) is 13.4. The second kappa shape index (κ2) is 15.5. The fraction of sp³-hybridized carbons (Fsp3) is 0.857. The third-order valence-electron chi connectivity index (χ3n) is 4.08. The molecule has 0 aromatic rings. The zero-order valence-electron chi connectivity index (χ0n) is 20.5. The SMILES string of the molecule is CC(C)NC1=NCC(F)CN1.CC(C)NC1=NCC(O)CN1.CC(C)NC1=NCCCN1. The number of nitrogens with zero attached hydrogens (tertiary/aromatic N) is 3. The first-order valence-corrected chi connectivity index (χ1v) is 11.6. The maximum absolute atomic E-state index is 12.5. The zero-order chi connectivity index (χ0) is 23.9. The molecule has 11 heteroatoms. The van der Waals surface area contributed by atoms with Crippen molar-refractivity contribution in [2.45, 2.75) is 78.4 Å². The lowest BCUT2D eigenvalue weighted by molar-refractivity contribution is 0.180. The van der Waals surface area contributed by atoms with Crippen molar-refractivity contribution in [1.82, 2.24) is 31.9 Å². The van der Waals surface area contributed by atoms with Gasteiger partial charge in [0.15, 0.2) is 17.9 Å². The monoisotopic (exact) mass is 457 g/mol. The Hall–Kier alpha value is -2.30. The predicted molar refractivity (Wildman–Crippen MR) is 131 cm³/mol. The van der Waals surface area contributed by atoms with Crippen LogP contribution >= 0.6 is 0 Å². The van der Waals surface area contributed by atoms with E-state index in [1.165, 1.54) is 0 Å². The summed E-state index contributed by atoms with van der Waals surface area (Å²) in [7, 11) is 0. The van der Waals surface area contributed by atoms with E-state index >= 15 is 0 Å². The quantitative estimate of drug-likeness (QED) is 0.316. The smallest absolute Gasteiger partial charge is 0.191 e. The molecule has 0 saturated carbocycles. The maximum atomic E-state index is 12.5. The van der Waals surface area contributed by atoms with E-state index in [1.807, 2.05) is 13.8 Å². The number of aliphatic imine (C=N–C) groups is 3. The summed E-state index contributed by atoms with van der Waals surface area (Å²) in [6.07, 6.45) is 0.00364. The molecule has 7 N–H and O–H groups in total. The lowest BCUT2D eigenvalue weighted by Crippen LogP contribution is -2.48. The van der Waals surface area contributed by atoms with Gasteiger partial charge in [0, 0.05) is 37.8 Å². The molecule has 0 aromatic carbocycles. The first kappa shape index (κ1) is 27.7. The molecule has 3 aliphatic heterocycles. The molecule has 3 heterocycles. The lowest BCUT2D eigenvalue weighted by Gasteiger charge is -2.21. The van der Waals surface area contributed by atoms with Crippen molar-refractivity contribution in [1.29, 1.82) is 0 Å². The molecular weight excluding hydrogens is 413 g/mol. The van der Waals surface area contributed by atoms with Gasteiger partial charge < -0.3 is 37.0 Å². The summed E-state index contributed by atoms with van der Waals surface area (Å²) in [5.41, 5.74) is 0. The first-order valence-electron chi connectivity index (χ1n) is 11.6. The molecule has 0 aliphatic carbocycles. The van der Waals surface area contributed by atoms with Gasteiger partial charge in [-0.3, -0.25) is 15.0 Å². The first-order chi connectivity index (χ1) is 15.2. The number of aliphatic hydroxyl groups excluding tert-OH is 1. The van der Waals surface area contributed by atoms with Crippen LogP contribution < -0.4 is 31.9 Å². The Morgan fingerprint density at radius 3 is 1.66 bits per heavy atom. The summed E-state index contributed by atoms with van der Waals surface area (Å²) in [6, 6.07) is 1.21. The Bertz CT molecular complexity index is 572. The average Bonchev–Trinajstić information content (AvgIpc) is 2.72. The zero-order valence-corrected chi connectivity index (χ0v) is 20.5. The highest BCUT2D eigenvalue weighted by molar-refractivity contribution is 5.81. The Labute approximate surface area is 192 Å². The molecule has 3 aliphatic rings. The molecule has 3 rings (SSSR count). The van der Waals surface area contributed by atoms with E-state index in [4.69, 9.17) is 5.11 Å². The molecular formula is C21H44FN9O. The van der Waals surface area contributed by atoms with Crippen LogP contribution in [0.1, 0.15) is 48.0 Å². The average molecular weight is 458 g/mol. The molecule has 0 spiro atoms. The van der Waals surface area contributed by atoms with E-state index in [9.17, 15) is 4.39 Å². The van der Waals surface area contributed by atoms with E-state index in [2.05, 4.69) is 74.6 Å². The fourth-order valence-electron chi connectivity index (χ4n) is 2.69. The third kappa shape index (κ3) is 13.9. The van der Waals surface area contributed by atoms with Crippen molar-refractivity contribution in [2.24, 2.45) is 15.0 Å². The van der Waals surface area contributed by atoms with Gasteiger partial charge in [0.05, 0.1) is 25.7 Å². The van der Waals surface area contributed by atoms with Crippen LogP contribution in [0.3, 0.4) is 0 Å². The van der Waals surface area contributed by atoms with Gasteiger partial charge in [0.1, 0.15) is 6.17 Å².